The Balaban J connectivity index is 2.26. The lowest BCUT2D eigenvalue weighted by atomic mass is 9.93. The number of rotatable bonds is 4. The molecule has 0 nitrogen and oxygen atoms in total. The molecule has 0 aliphatic heterocycles. The molecule has 0 radical (unpaired) electrons. The second-order valence-electron chi connectivity index (χ2n) is 4.67. The van der Waals surface area contributed by atoms with E-state index in [1.54, 1.807) is 0 Å². The largest absolute Gasteiger partial charge is 0.126 e. The first-order valence-electron chi connectivity index (χ1n) is 6.17. The number of aryl methyl sites for hydroxylation is 1. The highest BCUT2D eigenvalue weighted by Gasteiger charge is 2.15. The summed E-state index contributed by atoms with van der Waals surface area (Å²) in [7, 11) is 0. The molecule has 0 heterocycles. The lowest BCUT2D eigenvalue weighted by Gasteiger charge is -2.16. The van der Waals surface area contributed by atoms with E-state index in [0.29, 0.717) is 15.9 Å². The van der Waals surface area contributed by atoms with Gasteiger partial charge >= 0.3 is 0 Å². The van der Waals surface area contributed by atoms with Crippen LogP contribution in [0.1, 0.15) is 22.6 Å². The van der Waals surface area contributed by atoms with E-state index in [1.165, 1.54) is 11.1 Å². The average molecular weight is 314 g/mol. The van der Waals surface area contributed by atoms with E-state index in [2.05, 4.69) is 31.2 Å². The van der Waals surface area contributed by atoms with Gasteiger partial charge in [-0.1, -0.05) is 59.1 Å². The van der Waals surface area contributed by atoms with Gasteiger partial charge in [-0.15, -0.1) is 11.6 Å². The molecule has 0 aliphatic carbocycles. The third kappa shape index (κ3) is 3.66. The van der Waals surface area contributed by atoms with E-state index < -0.39 is 0 Å². The zero-order chi connectivity index (χ0) is 13.8. The average Bonchev–Trinajstić information content (AvgIpc) is 2.40. The topological polar surface area (TPSA) is 0 Å². The van der Waals surface area contributed by atoms with Gasteiger partial charge in [-0.25, -0.2) is 0 Å². The van der Waals surface area contributed by atoms with E-state index >= 15 is 0 Å². The van der Waals surface area contributed by atoms with Crippen molar-refractivity contribution in [2.24, 2.45) is 0 Å². The first-order valence-corrected chi connectivity index (χ1v) is 7.46. The van der Waals surface area contributed by atoms with Gasteiger partial charge in [-0.3, -0.25) is 0 Å². The van der Waals surface area contributed by atoms with Crippen molar-refractivity contribution >= 4 is 34.8 Å². The van der Waals surface area contributed by atoms with Crippen LogP contribution < -0.4 is 0 Å². The monoisotopic (exact) mass is 312 g/mol. The van der Waals surface area contributed by atoms with Crippen LogP contribution in [0.15, 0.2) is 42.5 Å². The zero-order valence-corrected chi connectivity index (χ0v) is 12.9. The fraction of sp³-hybridized carbons (Fsp3) is 0.250. The predicted molar refractivity (Wildman–Crippen MR) is 84.8 cm³/mol. The molecule has 3 heteroatoms. The van der Waals surface area contributed by atoms with Crippen LogP contribution in [0.5, 0.6) is 0 Å². The molecule has 0 N–H and O–H groups in total. The van der Waals surface area contributed by atoms with Crippen molar-refractivity contribution in [2.45, 2.75) is 19.3 Å². The summed E-state index contributed by atoms with van der Waals surface area (Å²) < 4.78 is 0. The van der Waals surface area contributed by atoms with Crippen molar-refractivity contribution in [1.82, 2.24) is 0 Å². The van der Waals surface area contributed by atoms with Crippen LogP contribution in [0, 0.1) is 6.92 Å². The predicted octanol–water partition coefficient (Wildman–Crippen LogP) is 5.87. The minimum Gasteiger partial charge on any atom is -0.126 e. The molecule has 1 atom stereocenters. The Hall–Kier alpha value is -0.690. The van der Waals surface area contributed by atoms with Crippen LogP contribution in [-0.2, 0) is 6.42 Å². The van der Waals surface area contributed by atoms with Gasteiger partial charge < -0.3 is 0 Å². The van der Waals surface area contributed by atoms with Gasteiger partial charge in [-0.05, 0) is 36.6 Å². The Morgan fingerprint density at radius 2 is 1.53 bits per heavy atom. The van der Waals surface area contributed by atoms with Crippen LogP contribution in [0.4, 0.5) is 0 Å². The third-order valence-electron chi connectivity index (χ3n) is 3.25. The molecule has 0 bridgehead atoms. The Bertz CT molecular complexity index is 526. The minimum atomic E-state index is 0.222. The molecular formula is C16H15Cl3. The summed E-state index contributed by atoms with van der Waals surface area (Å²) in [6.07, 6.45) is 0.755. The number of benzene rings is 2. The molecule has 0 amide bonds. The Morgan fingerprint density at radius 3 is 2.05 bits per heavy atom. The van der Waals surface area contributed by atoms with Crippen molar-refractivity contribution in [3.05, 3.63) is 69.2 Å². The quantitative estimate of drug-likeness (QED) is 0.619. The first kappa shape index (κ1) is 14.7. The number of hydrogen-bond donors (Lipinski definition) is 0. The molecule has 2 aromatic rings. The maximum absolute atomic E-state index is 6.22. The number of hydrogen-bond acceptors (Lipinski definition) is 0. The molecule has 0 saturated carbocycles. The maximum Gasteiger partial charge on any atom is 0.0453 e. The summed E-state index contributed by atoms with van der Waals surface area (Å²) >= 11 is 18.5. The van der Waals surface area contributed by atoms with Crippen molar-refractivity contribution in [2.75, 3.05) is 5.88 Å². The highest BCUT2D eigenvalue weighted by atomic mass is 35.5. The van der Waals surface area contributed by atoms with Crippen LogP contribution >= 0.6 is 34.8 Å². The summed E-state index contributed by atoms with van der Waals surface area (Å²) in [5.41, 5.74) is 3.43. The fourth-order valence-corrected chi connectivity index (χ4v) is 2.91. The first-order chi connectivity index (χ1) is 9.11. The van der Waals surface area contributed by atoms with Gasteiger partial charge in [0.25, 0.3) is 0 Å². The molecule has 19 heavy (non-hydrogen) atoms. The fourth-order valence-electron chi connectivity index (χ4n) is 2.07. The summed E-state index contributed by atoms with van der Waals surface area (Å²) in [5, 5.41) is 1.41. The molecular weight excluding hydrogens is 299 g/mol. The lowest BCUT2D eigenvalue weighted by molar-refractivity contribution is 0.766. The third-order valence-corrected chi connectivity index (χ3v) is 4.33. The van der Waals surface area contributed by atoms with Crippen LogP contribution in [0.25, 0.3) is 0 Å². The highest BCUT2D eigenvalue weighted by Crippen LogP contribution is 2.31. The molecule has 2 rings (SSSR count). The normalized spacial score (nSPS) is 12.4. The minimum absolute atomic E-state index is 0.222. The smallest absolute Gasteiger partial charge is 0.0453 e. The molecule has 0 saturated heterocycles. The van der Waals surface area contributed by atoms with E-state index in [1.807, 2.05) is 18.2 Å². The van der Waals surface area contributed by atoms with E-state index in [4.69, 9.17) is 34.8 Å². The standard InChI is InChI=1S/C16H15Cl3/c1-11-5-7-12(8-6-11)13(10-17)9-14-15(18)3-2-4-16(14)19/h2-8,13H,9-10H2,1H3. The van der Waals surface area contributed by atoms with Gasteiger partial charge in [0.15, 0.2) is 0 Å². The zero-order valence-electron chi connectivity index (χ0n) is 10.7. The van der Waals surface area contributed by atoms with Gasteiger partial charge in [0.1, 0.15) is 0 Å². The van der Waals surface area contributed by atoms with Crippen LogP contribution in [0.2, 0.25) is 10.0 Å². The molecule has 100 valence electrons. The number of halogens is 3. The van der Waals surface area contributed by atoms with Gasteiger partial charge in [0, 0.05) is 21.8 Å². The Labute approximate surface area is 129 Å². The summed E-state index contributed by atoms with van der Waals surface area (Å²) in [4.78, 5) is 0. The maximum atomic E-state index is 6.22. The van der Waals surface area contributed by atoms with Crippen molar-refractivity contribution in [3.8, 4) is 0 Å². The molecule has 0 fully saturated rings. The van der Waals surface area contributed by atoms with Crippen molar-refractivity contribution < 1.29 is 0 Å². The second kappa shape index (κ2) is 6.65. The van der Waals surface area contributed by atoms with E-state index in [0.717, 1.165) is 12.0 Å². The van der Waals surface area contributed by atoms with Gasteiger partial charge in [0.05, 0.1) is 0 Å². The highest BCUT2D eigenvalue weighted by molar-refractivity contribution is 6.36. The van der Waals surface area contributed by atoms with Gasteiger partial charge in [-0.2, -0.15) is 0 Å². The molecule has 2 aromatic carbocycles. The Morgan fingerprint density at radius 1 is 0.947 bits per heavy atom. The Kier molecular flexibility index (Phi) is 5.15. The molecule has 0 spiro atoms. The van der Waals surface area contributed by atoms with Crippen molar-refractivity contribution in [3.63, 3.8) is 0 Å². The lowest BCUT2D eigenvalue weighted by Crippen LogP contribution is -2.05. The van der Waals surface area contributed by atoms with E-state index in [-0.39, 0.29) is 5.92 Å². The molecule has 0 aromatic heterocycles. The number of alkyl halides is 1. The summed E-state index contributed by atoms with van der Waals surface area (Å²) in [6, 6.07) is 14.0. The summed E-state index contributed by atoms with van der Waals surface area (Å²) in [6.45, 7) is 2.07. The SMILES string of the molecule is Cc1ccc(C(CCl)Cc2c(Cl)cccc2Cl)cc1. The van der Waals surface area contributed by atoms with E-state index in [9.17, 15) is 0 Å². The van der Waals surface area contributed by atoms with Crippen LogP contribution in [-0.4, -0.2) is 5.88 Å². The van der Waals surface area contributed by atoms with Gasteiger partial charge in [0.2, 0.25) is 0 Å². The van der Waals surface area contributed by atoms with Crippen LogP contribution in [0.3, 0.4) is 0 Å². The van der Waals surface area contributed by atoms with Crippen molar-refractivity contribution in [1.29, 1.82) is 0 Å². The summed E-state index contributed by atoms with van der Waals surface area (Å²) in [5.74, 6) is 0.768. The molecule has 1 unspecified atom stereocenters. The second-order valence-corrected chi connectivity index (χ2v) is 5.79. The molecule has 0 aliphatic rings.